The van der Waals surface area contributed by atoms with Gasteiger partial charge in [-0.2, -0.15) is 0 Å². The zero-order chi connectivity index (χ0) is 17.6. The molecule has 0 bridgehead atoms. The van der Waals surface area contributed by atoms with Crippen molar-refractivity contribution in [1.82, 2.24) is 19.8 Å². The lowest BCUT2D eigenvalue weighted by Gasteiger charge is -2.34. The van der Waals surface area contributed by atoms with E-state index < -0.39 is 0 Å². The zero-order valence-corrected chi connectivity index (χ0v) is 15.3. The molecule has 2 aromatic rings. The molecule has 3 rings (SSSR count). The van der Waals surface area contributed by atoms with Crippen molar-refractivity contribution in [3.63, 3.8) is 0 Å². The second-order valence-electron chi connectivity index (χ2n) is 5.85. The summed E-state index contributed by atoms with van der Waals surface area (Å²) in [5.41, 5.74) is 1.72. The molecular weight excluding hydrogens is 336 g/mol. The predicted octanol–water partition coefficient (Wildman–Crippen LogP) is 2.17. The van der Waals surface area contributed by atoms with Crippen LogP contribution in [-0.4, -0.2) is 65.2 Å². The molecule has 7 heteroatoms. The number of hydrogen-bond acceptors (Lipinski definition) is 6. The van der Waals surface area contributed by atoms with Gasteiger partial charge in [-0.15, -0.1) is 0 Å². The number of carbonyl (C=O) groups is 1. The van der Waals surface area contributed by atoms with Crippen molar-refractivity contribution in [1.29, 1.82) is 0 Å². The van der Waals surface area contributed by atoms with Crippen molar-refractivity contribution in [2.24, 2.45) is 0 Å². The number of piperazine rings is 1. The zero-order valence-electron chi connectivity index (χ0n) is 14.5. The molecule has 1 amide bonds. The van der Waals surface area contributed by atoms with Gasteiger partial charge in [0.25, 0.3) is 5.91 Å². The highest BCUT2D eigenvalue weighted by Crippen LogP contribution is 2.20. The van der Waals surface area contributed by atoms with Crippen LogP contribution in [0.4, 0.5) is 0 Å². The molecule has 0 spiro atoms. The Kier molecular flexibility index (Phi) is 5.88. The number of rotatable bonds is 5. The Balaban J connectivity index is 1.56. The van der Waals surface area contributed by atoms with E-state index >= 15 is 0 Å². The summed E-state index contributed by atoms with van der Waals surface area (Å²) in [6.07, 6.45) is 5.73. The van der Waals surface area contributed by atoms with Crippen LogP contribution in [0.2, 0.25) is 0 Å². The summed E-state index contributed by atoms with van der Waals surface area (Å²) in [4.78, 5) is 25.6. The molecule has 1 fully saturated rings. The smallest absolute Gasteiger partial charge is 0.257 e. The van der Waals surface area contributed by atoms with E-state index in [9.17, 15) is 4.79 Å². The predicted molar refractivity (Wildman–Crippen MR) is 98.0 cm³/mol. The summed E-state index contributed by atoms with van der Waals surface area (Å²) in [7, 11) is 1.59. The van der Waals surface area contributed by atoms with Crippen LogP contribution in [0.15, 0.2) is 41.8 Å². The summed E-state index contributed by atoms with van der Waals surface area (Å²) in [6.45, 7) is 3.91. The molecule has 25 heavy (non-hydrogen) atoms. The number of aromatic nitrogens is 2. The van der Waals surface area contributed by atoms with E-state index in [1.165, 1.54) is 11.8 Å². The van der Waals surface area contributed by atoms with Gasteiger partial charge in [0.2, 0.25) is 0 Å². The number of benzene rings is 1. The number of amides is 1. The van der Waals surface area contributed by atoms with Crippen molar-refractivity contribution in [2.75, 3.05) is 39.5 Å². The molecule has 0 unspecified atom stereocenters. The summed E-state index contributed by atoms with van der Waals surface area (Å²) in [5.74, 6) is 0.658. The molecule has 0 atom stereocenters. The minimum atomic E-state index is 0.0322. The maximum Gasteiger partial charge on any atom is 0.257 e. The number of hydrogen-bond donors (Lipinski definition) is 0. The van der Waals surface area contributed by atoms with E-state index in [4.69, 9.17) is 4.74 Å². The molecule has 1 aliphatic heterocycles. The fourth-order valence-corrected chi connectivity index (χ4v) is 3.21. The normalized spacial score (nSPS) is 15.2. The van der Waals surface area contributed by atoms with Gasteiger partial charge in [0.1, 0.15) is 5.75 Å². The molecule has 2 heterocycles. The molecule has 0 saturated carbocycles. The molecule has 0 N–H and O–H groups in total. The Labute approximate surface area is 152 Å². The largest absolute Gasteiger partial charge is 0.496 e. The number of ether oxygens (including phenoxy) is 1. The second-order valence-corrected chi connectivity index (χ2v) is 6.62. The van der Waals surface area contributed by atoms with Crippen LogP contribution in [0, 0.1) is 0 Å². The van der Waals surface area contributed by atoms with E-state index in [1.807, 2.05) is 47.8 Å². The van der Waals surface area contributed by atoms with Gasteiger partial charge in [-0.1, -0.05) is 23.9 Å². The Morgan fingerprint density at radius 2 is 1.84 bits per heavy atom. The quantitative estimate of drug-likeness (QED) is 0.603. The van der Waals surface area contributed by atoms with Crippen LogP contribution in [0.3, 0.4) is 0 Å². The van der Waals surface area contributed by atoms with Gasteiger partial charge in [0, 0.05) is 50.7 Å². The summed E-state index contributed by atoms with van der Waals surface area (Å²) in [5, 5.41) is 0.788. The average Bonchev–Trinajstić information content (AvgIpc) is 2.68. The highest BCUT2D eigenvalue weighted by Gasteiger charge is 2.24. The molecular formula is C18H22N4O2S. The first-order valence-electron chi connectivity index (χ1n) is 8.21. The molecule has 0 aliphatic carbocycles. The van der Waals surface area contributed by atoms with Crippen LogP contribution in [0.25, 0.3) is 0 Å². The minimum Gasteiger partial charge on any atom is -0.496 e. The molecule has 1 aliphatic rings. The van der Waals surface area contributed by atoms with Crippen molar-refractivity contribution in [3.8, 4) is 5.75 Å². The number of carbonyl (C=O) groups excluding carboxylic acids is 1. The van der Waals surface area contributed by atoms with Gasteiger partial charge in [-0.3, -0.25) is 9.69 Å². The third-order valence-corrected chi connectivity index (χ3v) is 4.84. The first-order chi connectivity index (χ1) is 12.2. The number of nitrogens with zero attached hydrogens (tertiary/aromatic N) is 4. The number of thioether (sulfide) groups is 1. The first-order valence-corrected chi connectivity index (χ1v) is 9.43. The standard InChI is InChI=1S/C18H22N4O2S/c1-24-16-6-4-3-5-15(16)17(23)22-9-7-21(8-10-22)13-14-11-19-18(25-2)20-12-14/h3-6,11-12H,7-10,13H2,1-2H3. The fraction of sp³-hybridized carbons (Fsp3) is 0.389. The van der Waals surface area contributed by atoms with Gasteiger partial charge in [0.15, 0.2) is 5.16 Å². The van der Waals surface area contributed by atoms with E-state index in [1.54, 1.807) is 7.11 Å². The fourth-order valence-electron chi connectivity index (χ4n) is 2.89. The summed E-state index contributed by atoms with van der Waals surface area (Å²) < 4.78 is 5.30. The van der Waals surface area contributed by atoms with Gasteiger partial charge in [-0.05, 0) is 18.4 Å². The SMILES string of the molecule is COc1ccccc1C(=O)N1CCN(Cc2cnc(SC)nc2)CC1. The lowest BCUT2D eigenvalue weighted by molar-refractivity contribution is 0.0625. The highest BCUT2D eigenvalue weighted by atomic mass is 32.2. The van der Waals surface area contributed by atoms with Crippen molar-refractivity contribution >= 4 is 17.7 Å². The van der Waals surface area contributed by atoms with Crippen LogP contribution < -0.4 is 4.74 Å². The third-order valence-electron chi connectivity index (χ3n) is 4.27. The number of methoxy groups -OCH3 is 1. The molecule has 6 nitrogen and oxygen atoms in total. The van der Waals surface area contributed by atoms with Gasteiger partial charge in [-0.25, -0.2) is 9.97 Å². The topological polar surface area (TPSA) is 58.6 Å². The van der Waals surface area contributed by atoms with Crippen LogP contribution in [0.5, 0.6) is 5.75 Å². The van der Waals surface area contributed by atoms with Gasteiger partial charge < -0.3 is 9.64 Å². The van der Waals surface area contributed by atoms with E-state index in [-0.39, 0.29) is 5.91 Å². The molecule has 1 aromatic heterocycles. The monoisotopic (exact) mass is 358 g/mol. The lowest BCUT2D eigenvalue weighted by atomic mass is 10.1. The Bertz CT molecular complexity index is 715. The van der Waals surface area contributed by atoms with Gasteiger partial charge in [0.05, 0.1) is 12.7 Å². The minimum absolute atomic E-state index is 0.0322. The number of para-hydroxylation sites is 1. The Hall–Kier alpha value is -2.12. The maximum atomic E-state index is 12.7. The summed E-state index contributed by atoms with van der Waals surface area (Å²) in [6, 6.07) is 7.38. The molecule has 0 radical (unpaired) electrons. The van der Waals surface area contributed by atoms with Crippen molar-refractivity contribution in [3.05, 3.63) is 47.8 Å². The molecule has 132 valence electrons. The van der Waals surface area contributed by atoms with E-state index in [0.717, 1.165) is 30.4 Å². The Morgan fingerprint density at radius 1 is 1.16 bits per heavy atom. The summed E-state index contributed by atoms with van der Waals surface area (Å²) >= 11 is 1.54. The molecule has 1 saturated heterocycles. The average molecular weight is 358 g/mol. The van der Waals surface area contributed by atoms with Crippen molar-refractivity contribution in [2.45, 2.75) is 11.7 Å². The van der Waals surface area contributed by atoms with Crippen molar-refractivity contribution < 1.29 is 9.53 Å². The maximum absolute atomic E-state index is 12.7. The highest BCUT2D eigenvalue weighted by molar-refractivity contribution is 7.98. The lowest BCUT2D eigenvalue weighted by Crippen LogP contribution is -2.48. The second kappa shape index (κ2) is 8.31. The van der Waals surface area contributed by atoms with Crippen LogP contribution in [0.1, 0.15) is 15.9 Å². The van der Waals surface area contributed by atoms with Crippen LogP contribution in [-0.2, 0) is 6.54 Å². The van der Waals surface area contributed by atoms with Gasteiger partial charge >= 0.3 is 0 Å². The first kappa shape index (κ1) is 17.7. The van der Waals surface area contributed by atoms with E-state index in [2.05, 4.69) is 14.9 Å². The van der Waals surface area contributed by atoms with E-state index in [0.29, 0.717) is 24.4 Å². The molecule has 1 aromatic carbocycles. The van der Waals surface area contributed by atoms with Crippen LogP contribution >= 0.6 is 11.8 Å². The third kappa shape index (κ3) is 4.29. The Morgan fingerprint density at radius 3 is 2.48 bits per heavy atom.